The van der Waals surface area contributed by atoms with Gasteiger partial charge in [0.1, 0.15) is 18.1 Å². The first kappa shape index (κ1) is 28.4. The average Bonchev–Trinajstić information content (AvgIpc) is 2.70. The zero-order valence-electron chi connectivity index (χ0n) is 16.4. The normalized spacial score (nSPS) is 14.7. The number of carbonyl (C=O) groups excluding carboxylic acids is 3. The van der Waals surface area contributed by atoms with Crippen molar-refractivity contribution in [1.82, 2.24) is 16.0 Å². The highest BCUT2D eigenvalue weighted by Crippen LogP contribution is 2.04. The van der Waals surface area contributed by atoms with Crippen LogP contribution in [0.1, 0.15) is 19.3 Å². The Morgan fingerprint density at radius 1 is 0.867 bits per heavy atom. The smallest absolute Gasteiger partial charge is 0.327 e. The van der Waals surface area contributed by atoms with Crippen molar-refractivity contribution in [3.63, 3.8) is 0 Å². The Hall–Kier alpha value is -1.64. The van der Waals surface area contributed by atoms with Crippen LogP contribution in [0.25, 0.3) is 0 Å². The number of hydrogen-bond acceptors (Lipinski definition) is 9. The molecule has 0 aliphatic heterocycles. The number of hydrogen-bond donors (Lipinski definition) is 8. The summed E-state index contributed by atoms with van der Waals surface area (Å²) in [5.74, 6) is -4.42. The summed E-state index contributed by atoms with van der Waals surface area (Å²) < 4.78 is 0. The lowest BCUT2D eigenvalue weighted by Gasteiger charge is -2.24. The molecule has 7 N–H and O–H groups in total. The Bertz CT molecular complexity index is 624. The molecule has 0 saturated carbocycles. The van der Waals surface area contributed by atoms with Crippen molar-refractivity contribution in [2.24, 2.45) is 5.73 Å². The molecule has 0 spiro atoms. The van der Waals surface area contributed by atoms with Gasteiger partial charge in [0.05, 0.1) is 6.04 Å². The van der Waals surface area contributed by atoms with Crippen LogP contribution in [0.15, 0.2) is 0 Å². The zero-order valence-corrected chi connectivity index (χ0v) is 19.0. The Labute approximate surface area is 189 Å². The lowest BCUT2D eigenvalue weighted by atomic mass is 10.1. The molecule has 0 aromatic heterocycles. The van der Waals surface area contributed by atoms with Gasteiger partial charge in [-0.25, -0.2) is 4.79 Å². The molecule has 0 aliphatic carbocycles. The van der Waals surface area contributed by atoms with Gasteiger partial charge in [0.15, 0.2) is 0 Å². The van der Waals surface area contributed by atoms with Gasteiger partial charge < -0.3 is 31.9 Å². The van der Waals surface area contributed by atoms with Crippen LogP contribution in [0, 0.1) is 0 Å². The average molecular weight is 485 g/mol. The minimum Gasteiger partial charge on any atom is -0.481 e. The van der Waals surface area contributed by atoms with Crippen LogP contribution >= 0.6 is 37.0 Å². The molecule has 3 amide bonds. The molecule has 0 bridgehead atoms. The number of rotatable bonds is 15. The lowest BCUT2D eigenvalue weighted by molar-refractivity contribution is -0.141. The van der Waals surface area contributed by atoms with Gasteiger partial charge in [-0.1, -0.05) is 0 Å². The van der Waals surface area contributed by atoms with Crippen molar-refractivity contribution in [2.75, 3.05) is 23.5 Å². The van der Waals surface area contributed by atoms with Gasteiger partial charge in [-0.3, -0.25) is 19.2 Å². The van der Waals surface area contributed by atoms with Crippen LogP contribution in [0.2, 0.25) is 0 Å². The van der Waals surface area contributed by atoms with E-state index < -0.39 is 60.2 Å². The molecule has 0 saturated heterocycles. The van der Waals surface area contributed by atoms with Crippen LogP contribution < -0.4 is 21.7 Å². The fraction of sp³-hybridized carbons (Fsp3) is 0.688. The summed E-state index contributed by atoms with van der Waals surface area (Å²) in [5, 5.41) is 24.8. The van der Waals surface area contributed by atoms with Crippen molar-refractivity contribution in [3.8, 4) is 0 Å². The van der Waals surface area contributed by atoms with Crippen molar-refractivity contribution in [2.45, 2.75) is 43.4 Å². The van der Waals surface area contributed by atoms with E-state index in [0.717, 1.165) is 0 Å². The van der Waals surface area contributed by atoms with Gasteiger partial charge in [-0.2, -0.15) is 37.0 Å². The van der Waals surface area contributed by atoms with Crippen LogP contribution in [0.3, 0.4) is 0 Å². The van der Waals surface area contributed by atoms with E-state index in [-0.39, 0.29) is 17.9 Å². The quantitative estimate of drug-likeness (QED) is 0.126. The predicted molar refractivity (Wildman–Crippen MR) is 119 cm³/mol. The topological polar surface area (TPSA) is 188 Å². The SMILES string of the molecule is CSCCC(N)C(=O)NC(CCC(=O)O)C(=O)NC(CS)C(=O)NC(CS)C(=O)O. The number of carboxylic acid groups (broad SMARTS) is 2. The van der Waals surface area contributed by atoms with E-state index in [1.807, 2.05) is 6.26 Å². The van der Waals surface area contributed by atoms with E-state index in [9.17, 15) is 24.0 Å². The largest absolute Gasteiger partial charge is 0.481 e. The van der Waals surface area contributed by atoms with E-state index in [0.29, 0.717) is 12.2 Å². The van der Waals surface area contributed by atoms with Crippen LogP contribution in [-0.2, 0) is 24.0 Å². The van der Waals surface area contributed by atoms with E-state index in [1.165, 1.54) is 11.8 Å². The van der Waals surface area contributed by atoms with E-state index in [4.69, 9.17) is 15.9 Å². The minimum atomic E-state index is -1.30. The molecule has 0 radical (unpaired) electrons. The van der Waals surface area contributed by atoms with E-state index >= 15 is 0 Å². The highest BCUT2D eigenvalue weighted by Gasteiger charge is 2.29. The maximum atomic E-state index is 12.6. The fourth-order valence-corrected chi connectivity index (χ4v) is 3.11. The summed E-state index contributed by atoms with van der Waals surface area (Å²) in [6.45, 7) is 0. The summed E-state index contributed by atoms with van der Waals surface area (Å²) in [7, 11) is 0. The molecule has 4 atom stereocenters. The number of carbonyl (C=O) groups is 5. The van der Waals surface area contributed by atoms with Gasteiger partial charge in [-0.05, 0) is 24.9 Å². The number of amides is 3. The first-order chi connectivity index (χ1) is 14.1. The summed E-state index contributed by atoms with van der Waals surface area (Å²) in [6.07, 6.45) is 1.58. The molecule has 14 heteroatoms. The highest BCUT2D eigenvalue weighted by atomic mass is 32.2. The number of thiol groups is 2. The molecular formula is C16H28N4O7S3. The lowest BCUT2D eigenvalue weighted by Crippen LogP contribution is -2.58. The number of carboxylic acids is 2. The molecule has 0 aromatic carbocycles. The van der Waals surface area contributed by atoms with Gasteiger partial charge in [0.25, 0.3) is 0 Å². The Morgan fingerprint density at radius 3 is 1.83 bits per heavy atom. The Morgan fingerprint density at radius 2 is 1.37 bits per heavy atom. The molecule has 4 unspecified atom stereocenters. The van der Waals surface area contributed by atoms with Crippen molar-refractivity contribution in [1.29, 1.82) is 0 Å². The summed E-state index contributed by atoms with van der Waals surface area (Å²) in [4.78, 5) is 59.0. The first-order valence-electron chi connectivity index (χ1n) is 8.89. The third-order valence-corrected chi connectivity index (χ3v) is 5.24. The molecule has 0 aromatic rings. The van der Waals surface area contributed by atoms with Crippen LogP contribution in [0.4, 0.5) is 0 Å². The first-order valence-corrected chi connectivity index (χ1v) is 11.5. The summed E-state index contributed by atoms with van der Waals surface area (Å²) in [6, 6.07) is -4.61. The maximum Gasteiger partial charge on any atom is 0.327 e. The van der Waals surface area contributed by atoms with Crippen molar-refractivity contribution in [3.05, 3.63) is 0 Å². The second-order valence-electron chi connectivity index (χ2n) is 6.21. The Kier molecular flexibility index (Phi) is 14.4. The molecule has 172 valence electrons. The standard InChI is InChI=1S/C16H28N4O7S3/c1-30-5-4-8(17)13(23)18-9(2-3-12(21)22)14(24)19-10(6-28)15(25)20-11(7-29)16(26)27/h8-11,28-29H,2-7,17H2,1H3,(H,18,23)(H,19,24)(H,20,25)(H,21,22)(H,26,27). The second kappa shape index (κ2) is 15.2. The number of thioether (sulfide) groups is 1. The number of nitrogens with one attached hydrogen (secondary N) is 3. The van der Waals surface area contributed by atoms with Gasteiger partial charge >= 0.3 is 11.9 Å². The number of aliphatic carboxylic acids is 2. The van der Waals surface area contributed by atoms with Crippen LogP contribution in [-0.4, -0.2) is 87.6 Å². The summed E-state index contributed by atoms with van der Waals surface area (Å²) in [5.41, 5.74) is 5.77. The predicted octanol–water partition coefficient (Wildman–Crippen LogP) is -1.67. The zero-order chi connectivity index (χ0) is 23.3. The maximum absolute atomic E-state index is 12.6. The molecule has 0 rings (SSSR count). The molecule has 0 fully saturated rings. The molecule has 0 heterocycles. The second-order valence-corrected chi connectivity index (χ2v) is 7.92. The number of nitrogens with two attached hydrogens (primary N) is 1. The van der Waals surface area contributed by atoms with Crippen molar-refractivity contribution >= 4 is 66.7 Å². The molecular weight excluding hydrogens is 456 g/mol. The third kappa shape index (κ3) is 10.9. The van der Waals surface area contributed by atoms with E-state index in [1.54, 1.807) is 0 Å². The van der Waals surface area contributed by atoms with Crippen LogP contribution in [0.5, 0.6) is 0 Å². The molecule has 11 nitrogen and oxygen atoms in total. The minimum absolute atomic E-state index is 0.163. The van der Waals surface area contributed by atoms with Gasteiger partial charge in [-0.15, -0.1) is 0 Å². The summed E-state index contributed by atoms with van der Waals surface area (Å²) >= 11 is 9.31. The Balaban J connectivity index is 5.17. The molecule has 30 heavy (non-hydrogen) atoms. The van der Waals surface area contributed by atoms with E-state index in [2.05, 4.69) is 41.2 Å². The van der Waals surface area contributed by atoms with Gasteiger partial charge in [0, 0.05) is 17.9 Å². The monoisotopic (exact) mass is 484 g/mol. The highest BCUT2D eigenvalue weighted by molar-refractivity contribution is 7.98. The third-order valence-electron chi connectivity index (χ3n) is 3.86. The molecule has 0 aliphatic rings. The van der Waals surface area contributed by atoms with Gasteiger partial charge in [0.2, 0.25) is 17.7 Å². The fourth-order valence-electron chi connectivity index (χ4n) is 2.12. The van der Waals surface area contributed by atoms with Crippen molar-refractivity contribution < 1.29 is 34.2 Å².